The summed E-state index contributed by atoms with van der Waals surface area (Å²) in [7, 11) is 0. The van der Waals surface area contributed by atoms with Crippen LogP contribution in [0.15, 0.2) is 24.3 Å². The van der Waals surface area contributed by atoms with Crippen molar-refractivity contribution >= 4 is 12.0 Å². The molecule has 0 saturated heterocycles. The minimum Gasteiger partial charge on any atom is -0.387 e. The third-order valence-corrected chi connectivity index (χ3v) is 3.51. The topological polar surface area (TPSA) is 80.4 Å². The number of aldehydes is 1. The van der Waals surface area contributed by atoms with Crippen LogP contribution < -0.4 is 0 Å². The van der Waals surface area contributed by atoms with Gasteiger partial charge in [0.2, 0.25) is 0 Å². The van der Waals surface area contributed by atoms with E-state index in [1.54, 1.807) is 6.92 Å². The molecule has 0 heterocycles. The molecule has 0 fully saturated rings. The maximum Gasteiger partial charge on any atom is 0.269 e. The molecular formula is C13H17NO4. The first kappa shape index (κ1) is 14.3. The van der Waals surface area contributed by atoms with E-state index in [1.807, 2.05) is 13.8 Å². The lowest BCUT2D eigenvalue weighted by atomic mass is 9.73. The van der Waals surface area contributed by atoms with E-state index in [0.29, 0.717) is 5.56 Å². The zero-order valence-electron chi connectivity index (χ0n) is 10.7. The Bertz CT molecular complexity index is 441. The van der Waals surface area contributed by atoms with Gasteiger partial charge in [0, 0.05) is 12.1 Å². The summed E-state index contributed by atoms with van der Waals surface area (Å²) in [4.78, 5) is 21.2. The van der Waals surface area contributed by atoms with Crippen molar-refractivity contribution in [3.8, 4) is 0 Å². The highest BCUT2D eigenvalue weighted by Crippen LogP contribution is 2.38. The van der Waals surface area contributed by atoms with Crippen molar-refractivity contribution in [2.75, 3.05) is 0 Å². The van der Waals surface area contributed by atoms with Gasteiger partial charge >= 0.3 is 0 Å². The van der Waals surface area contributed by atoms with Crippen molar-refractivity contribution in [3.63, 3.8) is 0 Å². The highest BCUT2D eigenvalue weighted by molar-refractivity contribution is 5.61. The van der Waals surface area contributed by atoms with Crippen molar-refractivity contribution in [1.82, 2.24) is 0 Å². The number of aliphatic hydroxyl groups excluding tert-OH is 1. The molecule has 18 heavy (non-hydrogen) atoms. The molecule has 5 nitrogen and oxygen atoms in total. The molecule has 1 aromatic carbocycles. The van der Waals surface area contributed by atoms with E-state index in [9.17, 15) is 20.0 Å². The summed E-state index contributed by atoms with van der Waals surface area (Å²) < 4.78 is 0. The molecule has 0 aliphatic rings. The first-order chi connectivity index (χ1) is 8.32. The van der Waals surface area contributed by atoms with Crippen LogP contribution in [-0.2, 0) is 4.79 Å². The first-order valence-corrected chi connectivity index (χ1v) is 5.71. The van der Waals surface area contributed by atoms with Crippen molar-refractivity contribution in [2.45, 2.75) is 26.9 Å². The highest BCUT2D eigenvalue weighted by atomic mass is 16.6. The molecule has 0 unspecified atom stereocenters. The lowest BCUT2D eigenvalue weighted by Gasteiger charge is -2.33. The summed E-state index contributed by atoms with van der Waals surface area (Å²) >= 11 is 0. The number of carbonyl (C=O) groups is 1. The molecule has 0 amide bonds. The maximum absolute atomic E-state index is 11.2. The average Bonchev–Trinajstić information content (AvgIpc) is 2.36. The van der Waals surface area contributed by atoms with E-state index in [4.69, 9.17) is 0 Å². The Hall–Kier alpha value is -1.75. The second-order valence-electron chi connectivity index (χ2n) is 4.89. The van der Waals surface area contributed by atoms with Crippen molar-refractivity contribution in [3.05, 3.63) is 39.9 Å². The van der Waals surface area contributed by atoms with Gasteiger partial charge < -0.3 is 9.90 Å². The van der Waals surface area contributed by atoms with Crippen molar-refractivity contribution < 1.29 is 14.8 Å². The van der Waals surface area contributed by atoms with Gasteiger partial charge in [0.05, 0.1) is 16.4 Å². The summed E-state index contributed by atoms with van der Waals surface area (Å²) in [6, 6.07) is 5.61. The van der Waals surface area contributed by atoms with Gasteiger partial charge in [0.25, 0.3) is 5.69 Å². The van der Waals surface area contributed by atoms with Gasteiger partial charge in [-0.15, -0.1) is 0 Å². The van der Waals surface area contributed by atoms with E-state index in [2.05, 4.69) is 0 Å². The van der Waals surface area contributed by atoms with Crippen LogP contribution in [0.1, 0.15) is 32.4 Å². The second-order valence-corrected chi connectivity index (χ2v) is 4.89. The molecule has 1 aromatic rings. The summed E-state index contributed by atoms with van der Waals surface area (Å²) in [5.41, 5.74) is -0.442. The van der Waals surface area contributed by atoms with Crippen LogP contribution in [0.3, 0.4) is 0 Å². The quantitative estimate of drug-likeness (QED) is 0.495. The standard InChI is InChI=1S/C13H17NO4/c1-9(2)13(3,8-15)12(16)10-4-6-11(7-5-10)14(17)18/h4-9,12,16H,1-3H3/t12-,13-/m0/s1. The van der Waals surface area contributed by atoms with Crippen LogP contribution in [0.5, 0.6) is 0 Å². The van der Waals surface area contributed by atoms with Gasteiger partial charge in [-0.1, -0.05) is 13.8 Å². The highest BCUT2D eigenvalue weighted by Gasteiger charge is 2.37. The number of benzene rings is 1. The Morgan fingerprint density at radius 1 is 1.33 bits per heavy atom. The third-order valence-electron chi connectivity index (χ3n) is 3.51. The first-order valence-electron chi connectivity index (χ1n) is 5.71. The van der Waals surface area contributed by atoms with Crippen LogP contribution in [0, 0.1) is 21.4 Å². The van der Waals surface area contributed by atoms with E-state index in [0.717, 1.165) is 6.29 Å². The number of non-ortho nitro benzene ring substituents is 1. The number of hydrogen-bond donors (Lipinski definition) is 1. The lowest BCUT2D eigenvalue weighted by Crippen LogP contribution is -2.32. The zero-order chi connectivity index (χ0) is 13.9. The average molecular weight is 251 g/mol. The third kappa shape index (κ3) is 2.56. The zero-order valence-corrected chi connectivity index (χ0v) is 10.7. The number of aliphatic hydroxyl groups is 1. The van der Waals surface area contributed by atoms with Crippen molar-refractivity contribution in [2.24, 2.45) is 11.3 Å². The minimum absolute atomic E-state index is 0.0386. The van der Waals surface area contributed by atoms with Gasteiger partial charge in [-0.3, -0.25) is 10.1 Å². The molecule has 0 bridgehead atoms. The summed E-state index contributed by atoms with van der Waals surface area (Å²) in [5.74, 6) is -0.0415. The maximum atomic E-state index is 11.2. The molecule has 0 aliphatic heterocycles. The number of carbonyl (C=O) groups excluding carboxylic acids is 1. The fraction of sp³-hybridized carbons (Fsp3) is 0.462. The number of nitrogens with zero attached hydrogens (tertiary/aromatic N) is 1. The van der Waals surface area contributed by atoms with E-state index < -0.39 is 16.4 Å². The Labute approximate surface area is 106 Å². The minimum atomic E-state index is -0.976. The normalized spacial score (nSPS) is 16.1. The van der Waals surface area contributed by atoms with Crippen LogP contribution in [0.4, 0.5) is 5.69 Å². The van der Waals surface area contributed by atoms with Gasteiger partial charge in [-0.25, -0.2) is 0 Å². The molecule has 1 N–H and O–H groups in total. The number of nitro benzene ring substituents is 1. The number of nitro groups is 1. The van der Waals surface area contributed by atoms with Gasteiger partial charge in [-0.05, 0) is 30.5 Å². The Kier molecular flexibility index (Phi) is 4.19. The molecule has 0 aliphatic carbocycles. The molecular weight excluding hydrogens is 234 g/mol. The van der Waals surface area contributed by atoms with Crippen molar-refractivity contribution in [1.29, 1.82) is 0 Å². The summed E-state index contributed by atoms with van der Waals surface area (Å²) in [6.45, 7) is 5.38. The number of rotatable bonds is 5. The predicted octanol–water partition coefficient (Wildman–Crippen LogP) is 2.49. The van der Waals surface area contributed by atoms with E-state index >= 15 is 0 Å². The summed E-state index contributed by atoms with van der Waals surface area (Å²) in [5, 5.41) is 20.8. The molecule has 5 heteroatoms. The monoisotopic (exact) mass is 251 g/mol. The van der Waals surface area contributed by atoms with Gasteiger partial charge in [0.1, 0.15) is 6.29 Å². The van der Waals surface area contributed by atoms with Crippen LogP contribution in [0.2, 0.25) is 0 Å². The fourth-order valence-electron chi connectivity index (χ4n) is 1.65. The second kappa shape index (κ2) is 5.27. The van der Waals surface area contributed by atoms with Crippen LogP contribution in [0.25, 0.3) is 0 Å². The molecule has 0 aromatic heterocycles. The molecule has 0 spiro atoms. The fourth-order valence-corrected chi connectivity index (χ4v) is 1.65. The molecule has 1 rings (SSSR count). The predicted molar refractivity (Wildman–Crippen MR) is 67.1 cm³/mol. The smallest absolute Gasteiger partial charge is 0.269 e. The van der Waals surface area contributed by atoms with Crippen LogP contribution >= 0.6 is 0 Å². The largest absolute Gasteiger partial charge is 0.387 e. The molecule has 0 saturated carbocycles. The Balaban J connectivity index is 3.06. The molecule has 98 valence electrons. The van der Waals surface area contributed by atoms with Gasteiger partial charge in [-0.2, -0.15) is 0 Å². The number of hydrogen-bond acceptors (Lipinski definition) is 4. The Morgan fingerprint density at radius 3 is 2.17 bits per heavy atom. The van der Waals surface area contributed by atoms with E-state index in [1.165, 1.54) is 24.3 Å². The molecule has 0 radical (unpaired) electrons. The van der Waals surface area contributed by atoms with Crippen LogP contribution in [-0.4, -0.2) is 16.3 Å². The lowest BCUT2D eigenvalue weighted by molar-refractivity contribution is -0.384. The SMILES string of the molecule is CC(C)[C@](C)(C=O)[C@@H](O)c1ccc([N+](=O)[O-])cc1. The van der Waals surface area contributed by atoms with Gasteiger partial charge in [0.15, 0.2) is 0 Å². The Morgan fingerprint density at radius 2 is 1.83 bits per heavy atom. The van der Waals surface area contributed by atoms with E-state index in [-0.39, 0.29) is 11.6 Å². The summed E-state index contributed by atoms with van der Waals surface area (Å²) in [6.07, 6.45) is -0.236. The molecule has 2 atom stereocenters.